The quantitative estimate of drug-likeness (QED) is 0.734. The highest BCUT2D eigenvalue weighted by atomic mass is 35.5. The van der Waals surface area contributed by atoms with Gasteiger partial charge in [-0.25, -0.2) is 4.79 Å². The second-order valence-electron chi connectivity index (χ2n) is 3.99. The molecule has 0 aliphatic carbocycles. The number of aliphatic hydroxyl groups is 1. The van der Waals surface area contributed by atoms with E-state index in [1.807, 2.05) is 0 Å². The minimum Gasteiger partial charge on any atom is -0.482 e. The fraction of sp³-hybridized carbons (Fsp3) is 0.333. The molecule has 2 atom stereocenters. The van der Waals surface area contributed by atoms with E-state index in [-0.39, 0.29) is 10.8 Å². The molecule has 0 heterocycles. The van der Waals surface area contributed by atoms with Crippen molar-refractivity contribution in [2.24, 2.45) is 0 Å². The van der Waals surface area contributed by atoms with E-state index in [9.17, 15) is 14.7 Å². The molecule has 0 saturated carbocycles. The maximum absolute atomic E-state index is 11.5. The third kappa shape index (κ3) is 4.88. The molecule has 0 fully saturated rings. The number of halogens is 2. The van der Waals surface area contributed by atoms with E-state index < -0.39 is 30.6 Å². The molecule has 0 saturated heterocycles. The van der Waals surface area contributed by atoms with E-state index in [1.165, 1.54) is 25.1 Å². The van der Waals surface area contributed by atoms with Gasteiger partial charge in [0.25, 0.3) is 5.91 Å². The van der Waals surface area contributed by atoms with Crippen LogP contribution in [0, 0.1) is 0 Å². The number of carboxylic acid groups (broad SMARTS) is 1. The van der Waals surface area contributed by atoms with E-state index >= 15 is 0 Å². The summed E-state index contributed by atoms with van der Waals surface area (Å²) < 4.78 is 5.14. The van der Waals surface area contributed by atoms with E-state index in [0.717, 1.165) is 0 Å². The maximum Gasteiger partial charge on any atom is 0.328 e. The Balaban J connectivity index is 2.57. The summed E-state index contributed by atoms with van der Waals surface area (Å²) in [7, 11) is 0. The lowest BCUT2D eigenvalue weighted by Crippen LogP contribution is -2.49. The number of carbonyl (C=O) groups is 2. The Morgan fingerprint density at radius 2 is 2.05 bits per heavy atom. The molecule has 1 aromatic carbocycles. The Hall–Kier alpha value is -1.50. The second-order valence-corrected chi connectivity index (χ2v) is 4.83. The average Bonchev–Trinajstić information content (AvgIpc) is 2.34. The van der Waals surface area contributed by atoms with Crippen molar-refractivity contribution >= 4 is 35.1 Å². The number of ether oxygens (including phenoxy) is 1. The third-order valence-electron chi connectivity index (χ3n) is 2.32. The molecule has 0 radical (unpaired) electrons. The SMILES string of the molecule is CC(O)[C@H](NC(=O)COc1ccc(Cl)cc1Cl)C(=O)O. The first-order valence-electron chi connectivity index (χ1n) is 5.59. The summed E-state index contributed by atoms with van der Waals surface area (Å²) >= 11 is 11.6. The van der Waals surface area contributed by atoms with Crippen LogP contribution in [-0.4, -0.2) is 40.8 Å². The number of aliphatic carboxylic acids is 1. The lowest BCUT2D eigenvalue weighted by Gasteiger charge is -2.17. The molecule has 0 aliphatic rings. The molecule has 0 bridgehead atoms. The van der Waals surface area contributed by atoms with Crippen molar-refractivity contribution in [3.05, 3.63) is 28.2 Å². The zero-order chi connectivity index (χ0) is 15.3. The van der Waals surface area contributed by atoms with Crippen molar-refractivity contribution in [2.75, 3.05) is 6.61 Å². The predicted octanol–water partition coefficient (Wildman–Crippen LogP) is 1.32. The minimum atomic E-state index is -1.40. The first-order valence-corrected chi connectivity index (χ1v) is 6.35. The molecule has 0 spiro atoms. The van der Waals surface area contributed by atoms with Crippen LogP contribution < -0.4 is 10.1 Å². The highest BCUT2D eigenvalue weighted by Gasteiger charge is 2.25. The van der Waals surface area contributed by atoms with Gasteiger partial charge in [-0.15, -0.1) is 0 Å². The fourth-order valence-electron chi connectivity index (χ4n) is 1.34. The number of hydrogen-bond donors (Lipinski definition) is 3. The second kappa shape index (κ2) is 7.33. The lowest BCUT2D eigenvalue weighted by atomic mass is 10.2. The first kappa shape index (κ1) is 16.6. The van der Waals surface area contributed by atoms with Crippen LogP contribution >= 0.6 is 23.2 Å². The van der Waals surface area contributed by atoms with Gasteiger partial charge in [-0.2, -0.15) is 0 Å². The molecule has 1 aromatic rings. The van der Waals surface area contributed by atoms with Gasteiger partial charge in [0.15, 0.2) is 12.6 Å². The van der Waals surface area contributed by atoms with Crippen molar-refractivity contribution in [3.8, 4) is 5.75 Å². The van der Waals surface area contributed by atoms with Crippen LogP contribution in [0.5, 0.6) is 5.75 Å². The summed E-state index contributed by atoms with van der Waals surface area (Å²) in [5.41, 5.74) is 0. The smallest absolute Gasteiger partial charge is 0.328 e. The van der Waals surface area contributed by atoms with Gasteiger partial charge < -0.3 is 20.3 Å². The lowest BCUT2D eigenvalue weighted by molar-refractivity contribution is -0.145. The van der Waals surface area contributed by atoms with Crippen LogP contribution in [0.2, 0.25) is 10.0 Å². The van der Waals surface area contributed by atoms with Crippen molar-refractivity contribution in [1.29, 1.82) is 0 Å². The normalized spacial score (nSPS) is 13.4. The number of carbonyl (C=O) groups excluding carboxylic acids is 1. The minimum absolute atomic E-state index is 0.232. The molecule has 0 aliphatic heterocycles. The van der Waals surface area contributed by atoms with Gasteiger partial charge in [-0.1, -0.05) is 23.2 Å². The molecule has 1 rings (SSSR count). The standard InChI is InChI=1S/C12H13Cl2NO5/c1-6(16)11(12(18)19)15-10(17)5-20-9-3-2-7(13)4-8(9)14/h2-4,6,11,16H,5H2,1H3,(H,15,17)(H,18,19)/t6?,11-/m0/s1. The van der Waals surface area contributed by atoms with Gasteiger partial charge in [0.2, 0.25) is 0 Å². The van der Waals surface area contributed by atoms with E-state index in [0.29, 0.717) is 5.02 Å². The van der Waals surface area contributed by atoms with Crippen LogP contribution in [0.1, 0.15) is 6.92 Å². The van der Waals surface area contributed by atoms with Crippen molar-refractivity contribution in [2.45, 2.75) is 19.1 Å². The highest BCUT2D eigenvalue weighted by Crippen LogP contribution is 2.27. The Kier molecular flexibility index (Phi) is 6.06. The number of benzene rings is 1. The van der Waals surface area contributed by atoms with Gasteiger partial charge >= 0.3 is 5.97 Å². The zero-order valence-electron chi connectivity index (χ0n) is 10.5. The van der Waals surface area contributed by atoms with Crippen LogP contribution in [-0.2, 0) is 9.59 Å². The van der Waals surface area contributed by atoms with Crippen LogP contribution in [0.15, 0.2) is 18.2 Å². The Labute approximate surface area is 125 Å². The largest absolute Gasteiger partial charge is 0.482 e. The van der Waals surface area contributed by atoms with E-state index in [1.54, 1.807) is 0 Å². The van der Waals surface area contributed by atoms with Crippen LogP contribution in [0.3, 0.4) is 0 Å². The summed E-state index contributed by atoms with van der Waals surface area (Å²) in [4.78, 5) is 22.3. The number of carboxylic acids is 1. The number of nitrogens with one attached hydrogen (secondary N) is 1. The summed E-state index contributed by atoms with van der Waals surface area (Å²) in [6.07, 6.45) is -1.23. The topological polar surface area (TPSA) is 95.9 Å². The number of amides is 1. The summed E-state index contributed by atoms with van der Waals surface area (Å²) in [6, 6.07) is 3.08. The molecule has 1 amide bonds. The molecular weight excluding hydrogens is 309 g/mol. The summed E-state index contributed by atoms with van der Waals surface area (Å²) in [6.45, 7) is 0.827. The Morgan fingerprint density at radius 3 is 2.55 bits per heavy atom. The third-order valence-corrected chi connectivity index (χ3v) is 2.85. The van der Waals surface area contributed by atoms with Crippen molar-refractivity contribution in [1.82, 2.24) is 5.32 Å². The Morgan fingerprint density at radius 1 is 1.40 bits per heavy atom. The summed E-state index contributed by atoms with van der Waals surface area (Å²) in [5, 5.41) is 20.8. The predicted molar refractivity (Wildman–Crippen MR) is 73.2 cm³/mol. The highest BCUT2D eigenvalue weighted by molar-refractivity contribution is 6.35. The fourth-order valence-corrected chi connectivity index (χ4v) is 1.80. The number of hydrogen-bond acceptors (Lipinski definition) is 4. The van der Waals surface area contributed by atoms with Gasteiger partial charge in [-0.05, 0) is 25.1 Å². The summed E-state index contributed by atoms with van der Waals surface area (Å²) in [5.74, 6) is -1.78. The average molecular weight is 322 g/mol. The number of aliphatic hydroxyl groups excluding tert-OH is 1. The Bertz CT molecular complexity index is 507. The van der Waals surface area contributed by atoms with Crippen molar-refractivity contribution < 1.29 is 24.5 Å². The van der Waals surface area contributed by atoms with Crippen LogP contribution in [0.4, 0.5) is 0 Å². The molecular formula is C12H13Cl2NO5. The van der Waals surface area contributed by atoms with Gasteiger partial charge in [0.05, 0.1) is 11.1 Å². The zero-order valence-corrected chi connectivity index (χ0v) is 12.0. The number of rotatable bonds is 6. The van der Waals surface area contributed by atoms with Crippen molar-refractivity contribution in [3.63, 3.8) is 0 Å². The monoisotopic (exact) mass is 321 g/mol. The molecule has 0 aromatic heterocycles. The van der Waals surface area contributed by atoms with E-state index in [2.05, 4.69) is 5.32 Å². The van der Waals surface area contributed by atoms with Gasteiger partial charge in [-0.3, -0.25) is 4.79 Å². The van der Waals surface area contributed by atoms with Gasteiger partial charge in [0.1, 0.15) is 5.75 Å². The molecule has 6 nitrogen and oxygen atoms in total. The molecule has 8 heteroatoms. The van der Waals surface area contributed by atoms with Gasteiger partial charge in [0, 0.05) is 5.02 Å². The first-order chi connectivity index (χ1) is 9.31. The molecule has 3 N–H and O–H groups in total. The molecule has 20 heavy (non-hydrogen) atoms. The van der Waals surface area contributed by atoms with E-state index in [4.69, 9.17) is 33.0 Å². The van der Waals surface area contributed by atoms with Crippen LogP contribution in [0.25, 0.3) is 0 Å². The maximum atomic E-state index is 11.5. The molecule has 110 valence electrons. The molecule has 1 unspecified atom stereocenters.